The third-order valence-corrected chi connectivity index (χ3v) is 6.65. The summed E-state index contributed by atoms with van der Waals surface area (Å²) in [6.45, 7) is 0.637. The van der Waals surface area contributed by atoms with Crippen LogP contribution < -0.4 is 0 Å². The van der Waals surface area contributed by atoms with Crippen LogP contribution in [-0.4, -0.2) is 47.8 Å². The SMILES string of the molecule is O[C@@H]([C@H](O)[C@@H](COCc1ccc(F)cc1)OCc1ccccc1)[C@@H](COCc1ccc(F)cc1)OCc1ccccc1. The molecule has 42 heavy (non-hydrogen) atoms. The summed E-state index contributed by atoms with van der Waals surface area (Å²) < 4.78 is 50.3. The summed E-state index contributed by atoms with van der Waals surface area (Å²) in [5.41, 5.74) is 3.29. The maximum absolute atomic E-state index is 13.3. The van der Waals surface area contributed by atoms with E-state index in [4.69, 9.17) is 18.9 Å². The van der Waals surface area contributed by atoms with Crippen LogP contribution in [0.5, 0.6) is 0 Å². The smallest absolute Gasteiger partial charge is 0.123 e. The van der Waals surface area contributed by atoms with Crippen molar-refractivity contribution >= 4 is 0 Å². The minimum absolute atomic E-state index is 0.0374. The second kappa shape index (κ2) is 16.8. The van der Waals surface area contributed by atoms with Gasteiger partial charge in [0.05, 0.1) is 39.6 Å². The fourth-order valence-electron chi connectivity index (χ4n) is 4.23. The van der Waals surface area contributed by atoms with Crippen molar-refractivity contribution in [3.8, 4) is 0 Å². The molecular formula is C34H36F2O6. The molecule has 0 aliphatic carbocycles. The van der Waals surface area contributed by atoms with Gasteiger partial charge in [-0.15, -0.1) is 0 Å². The molecule has 0 amide bonds. The zero-order chi connectivity index (χ0) is 29.6. The minimum atomic E-state index is -1.39. The topological polar surface area (TPSA) is 77.4 Å². The van der Waals surface area contributed by atoms with Crippen LogP contribution in [0.25, 0.3) is 0 Å². The van der Waals surface area contributed by atoms with Crippen LogP contribution in [0.15, 0.2) is 109 Å². The predicted octanol–water partition coefficient (Wildman–Crippen LogP) is 5.59. The van der Waals surface area contributed by atoms with Gasteiger partial charge in [-0.3, -0.25) is 0 Å². The van der Waals surface area contributed by atoms with Crippen molar-refractivity contribution < 1.29 is 37.9 Å². The van der Waals surface area contributed by atoms with Gasteiger partial charge >= 0.3 is 0 Å². The first-order valence-corrected chi connectivity index (χ1v) is 13.8. The van der Waals surface area contributed by atoms with Gasteiger partial charge in [-0.2, -0.15) is 0 Å². The number of halogens is 2. The van der Waals surface area contributed by atoms with E-state index in [1.807, 2.05) is 60.7 Å². The molecule has 0 radical (unpaired) electrons. The van der Waals surface area contributed by atoms with Crippen molar-refractivity contribution in [1.29, 1.82) is 0 Å². The fourth-order valence-corrected chi connectivity index (χ4v) is 4.23. The molecule has 8 heteroatoms. The van der Waals surface area contributed by atoms with Crippen LogP contribution in [-0.2, 0) is 45.4 Å². The minimum Gasteiger partial charge on any atom is -0.388 e. The van der Waals surface area contributed by atoms with Crippen molar-refractivity contribution in [2.24, 2.45) is 0 Å². The second-order valence-corrected chi connectivity index (χ2v) is 9.93. The summed E-state index contributed by atoms with van der Waals surface area (Å²) in [4.78, 5) is 0. The van der Waals surface area contributed by atoms with E-state index in [0.717, 1.165) is 22.3 Å². The van der Waals surface area contributed by atoms with E-state index in [9.17, 15) is 19.0 Å². The van der Waals surface area contributed by atoms with E-state index in [2.05, 4.69) is 0 Å². The first kappa shape index (κ1) is 31.4. The van der Waals surface area contributed by atoms with Gasteiger partial charge in [0.1, 0.15) is 36.1 Å². The zero-order valence-corrected chi connectivity index (χ0v) is 23.2. The third-order valence-electron chi connectivity index (χ3n) is 6.65. The van der Waals surface area contributed by atoms with Crippen molar-refractivity contribution in [2.45, 2.75) is 50.8 Å². The molecule has 2 N–H and O–H groups in total. The highest BCUT2D eigenvalue weighted by Gasteiger charge is 2.34. The molecular weight excluding hydrogens is 542 g/mol. The Labute approximate surface area is 245 Å². The largest absolute Gasteiger partial charge is 0.388 e. The number of ether oxygens (including phenoxy) is 4. The molecule has 0 saturated heterocycles. The van der Waals surface area contributed by atoms with Gasteiger partial charge in [0, 0.05) is 0 Å². The van der Waals surface area contributed by atoms with Gasteiger partial charge in [-0.1, -0.05) is 84.9 Å². The van der Waals surface area contributed by atoms with E-state index in [1.165, 1.54) is 24.3 Å². The highest BCUT2D eigenvalue weighted by Crippen LogP contribution is 2.17. The predicted molar refractivity (Wildman–Crippen MR) is 154 cm³/mol. The third kappa shape index (κ3) is 10.4. The van der Waals surface area contributed by atoms with Crippen molar-refractivity contribution in [2.75, 3.05) is 13.2 Å². The molecule has 6 nitrogen and oxygen atoms in total. The average molecular weight is 579 g/mol. The molecule has 0 saturated carbocycles. The lowest BCUT2D eigenvalue weighted by Gasteiger charge is -2.32. The Morgan fingerprint density at radius 3 is 1.14 bits per heavy atom. The standard InChI is InChI=1S/C34H36F2O6/c35-29-15-11-27(12-16-29)19-39-23-31(41-21-25-7-3-1-4-8-25)33(37)34(38)32(42-22-26-9-5-2-6-10-26)24-40-20-28-13-17-30(36)18-14-28/h1-18,31-34,37-38H,19-24H2/t31-,32-,33-,34-/m1/s1. The Kier molecular flexibility index (Phi) is 12.6. The molecule has 0 aliphatic rings. The number of aliphatic hydroxyl groups excluding tert-OH is 2. The summed E-state index contributed by atoms with van der Waals surface area (Å²) in [7, 11) is 0. The first-order valence-electron chi connectivity index (χ1n) is 13.8. The Bertz CT molecular complexity index is 1190. The molecule has 0 fully saturated rings. The van der Waals surface area contributed by atoms with E-state index in [0.29, 0.717) is 0 Å². The van der Waals surface area contributed by atoms with Crippen molar-refractivity contribution in [3.05, 3.63) is 143 Å². The van der Waals surface area contributed by atoms with Gasteiger partial charge in [0.25, 0.3) is 0 Å². The Morgan fingerprint density at radius 2 is 0.786 bits per heavy atom. The lowest BCUT2D eigenvalue weighted by molar-refractivity contribution is -0.170. The van der Waals surface area contributed by atoms with Crippen molar-refractivity contribution in [1.82, 2.24) is 0 Å². The van der Waals surface area contributed by atoms with E-state index in [-0.39, 0.29) is 51.3 Å². The molecule has 0 aliphatic heterocycles. The number of hydrogen-bond acceptors (Lipinski definition) is 6. The molecule has 4 rings (SSSR count). The summed E-state index contributed by atoms with van der Waals surface area (Å²) >= 11 is 0. The normalized spacial score (nSPS) is 14.3. The summed E-state index contributed by atoms with van der Waals surface area (Å²) in [6.07, 6.45) is -4.62. The quantitative estimate of drug-likeness (QED) is 0.170. The molecule has 0 unspecified atom stereocenters. The maximum Gasteiger partial charge on any atom is 0.123 e. The summed E-state index contributed by atoms with van der Waals surface area (Å²) in [5, 5.41) is 22.6. The number of benzene rings is 4. The number of aliphatic hydroxyl groups is 2. The van der Waals surface area contributed by atoms with Crippen LogP contribution in [0.1, 0.15) is 22.3 Å². The fraction of sp³-hybridized carbons (Fsp3) is 0.294. The monoisotopic (exact) mass is 578 g/mol. The van der Waals surface area contributed by atoms with E-state index >= 15 is 0 Å². The van der Waals surface area contributed by atoms with Gasteiger partial charge in [-0.25, -0.2) is 8.78 Å². The number of rotatable bonds is 17. The molecule has 222 valence electrons. The molecule has 4 aromatic rings. The van der Waals surface area contributed by atoms with Gasteiger partial charge in [0.15, 0.2) is 0 Å². The lowest BCUT2D eigenvalue weighted by atomic mass is 10.0. The molecule has 4 aromatic carbocycles. The molecule has 0 bridgehead atoms. The van der Waals surface area contributed by atoms with Crippen LogP contribution in [0.4, 0.5) is 8.78 Å². The van der Waals surface area contributed by atoms with E-state index in [1.54, 1.807) is 24.3 Å². The zero-order valence-electron chi connectivity index (χ0n) is 23.2. The molecule has 0 aromatic heterocycles. The van der Waals surface area contributed by atoms with Crippen LogP contribution in [0, 0.1) is 11.6 Å². The Morgan fingerprint density at radius 1 is 0.452 bits per heavy atom. The first-order chi connectivity index (χ1) is 20.5. The number of hydrogen-bond donors (Lipinski definition) is 2. The highest BCUT2D eigenvalue weighted by molar-refractivity contribution is 5.16. The van der Waals surface area contributed by atoms with Crippen molar-refractivity contribution in [3.63, 3.8) is 0 Å². The van der Waals surface area contributed by atoms with Gasteiger partial charge in [-0.05, 0) is 46.5 Å². The lowest BCUT2D eigenvalue weighted by Crippen LogP contribution is -2.49. The summed E-state index contributed by atoms with van der Waals surface area (Å²) in [6, 6.07) is 30.8. The Balaban J connectivity index is 1.43. The summed E-state index contributed by atoms with van der Waals surface area (Å²) in [5.74, 6) is -0.686. The van der Waals surface area contributed by atoms with Crippen LogP contribution >= 0.6 is 0 Å². The Hall–Kier alpha value is -3.50. The molecule has 0 heterocycles. The second-order valence-electron chi connectivity index (χ2n) is 9.93. The molecule has 4 atom stereocenters. The van der Waals surface area contributed by atoms with Gasteiger partial charge < -0.3 is 29.2 Å². The maximum atomic E-state index is 13.3. The van der Waals surface area contributed by atoms with Crippen LogP contribution in [0.3, 0.4) is 0 Å². The van der Waals surface area contributed by atoms with Crippen LogP contribution in [0.2, 0.25) is 0 Å². The van der Waals surface area contributed by atoms with Gasteiger partial charge in [0.2, 0.25) is 0 Å². The van der Waals surface area contributed by atoms with E-state index < -0.39 is 24.4 Å². The molecule has 0 spiro atoms. The highest BCUT2D eigenvalue weighted by atomic mass is 19.1. The average Bonchev–Trinajstić information content (AvgIpc) is 3.02.